The van der Waals surface area contributed by atoms with E-state index in [0.717, 1.165) is 30.7 Å². The Balaban J connectivity index is 1.26. The molecule has 34 heavy (non-hydrogen) atoms. The van der Waals surface area contributed by atoms with Crippen molar-refractivity contribution in [2.45, 2.75) is 46.2 Å². The number of likely N-dealkylation sites (tertiary alicyclic amines) is 1. The van der Waals surface area contributed by atoms with E-state index in [2.05, 4.69) is 34.2 Å². The molecule has 2 unspecified atom stereocenters. The summed E-state index contributed by atoms with van der Waals surface area (Å²) < 4.78 is 11.3. The third-order valence-corrected chi connectivity index (χ3v) is 6.42. The maximum atomic E-state index is 12.9. The molecule has 7 nitrogen and oxygen atoms in total. The highest BCUT2D eigenvalue weighted by atomic mass is 35.5. The molecule has 0 spiro atoms. The SMILES string of the molecule is Cc1ccc(OCC(C)NC(=O)C2CCCN(Cc3nc(-c4ccc(Cl)cc4)no3)C2)cc1C. The van der Waals surface area contributed by atoms with Gasteiger partial charge in [-0.15, -0.1) is 0 Å². The molecule has 0 radical (unpaired) electrons. The maximum absolute atomic E-state index is 12.9. The highest BCUT2D eigenvalue weighted by Crippen LogP contribution is 2.22. The monoisotopic (exact) mass is 482 g/mol. The third kappa shape index (κ3) is 6.36. The van der Waals surface area contributed by atoms with E-state index in [0.29, 0.717) is 36.4 Å². The number of piperidine rings is 1. The second-order valence-corrected chi connectivity index (χ2v) is 9.50. The van der Waals surface area contributed by atoms with Crippen LogP contribution in [-0.4, -0.2) is 46.7 Å². The lowest BCUT2D eigenvalue weighted by molar-refractivity contribution is -0.127. The number of nitrogens with zero attached hydrogens (tertiary/aromatic N) is 3. The number of hydrogen-bond donors (Lipinski definition) is 1. The van der Waals surface area contributed by atoms with Crippen molar-refractivity contribution in [2.75, 3.05) is 19.7 Å². The van der Waals surface area contributed by atoms with Gasteiger partial charge in [0, 0.05) is 17.1 Å². The number of rotatable bonds is 8. The molecular formula is C26H31ClN4O3. The fourth-order valence-electron chi connectivity index (χ4n) is 4.07. The number of amides is 1. The topological polar surface area (TPSA) is 80.5 Å². The predicted molar refractivity (Wildman–Crippen MR) is 132 cm³/mol. The van der Waals surface area contributed by atoms with Gasteiger partial charge in [-0.1, -0.05) is 22.8 Å². The molecule has 1 aliphatic heterocycles. The number of aryl methyl sites for hydroxylation is 2. The summed E-state index contributed by atoms with van der Waals surface area (Å²) in [5.41, 5.74) is 3.28. The molecule has 1 fully saturated rings. The minimum Gasteiger partial charge on any atom is -0.491 e. The first kappa shape index (κ1) is 24.2. The van der Waals surface area contributed by atoms with Gasteiger partial charge in [0.2, 0.25) is 17.6 Å². The first-order chi connectivity index (χ1) is 16.4. The molecule has 180 valence electrons. The number of halogens is 1. The lowest BCUT2D eigenvalue weighted by Crippen LogP contribution is -2.46. The number of carbonyl (C=O) groups is 1. The van der Waals surface area contributed by atoms with Crippen LogP contribution in [0, 0.1) is 19.8 Å². The lowest BCUT2D eigenvalue weighted by atomic mass is 9.97. The first-order valence-electron chi connectivity index (χ1n) is 11.7. The Labute approximate surface area is 205 Å². The molecular weight excluding hydrogens is 452 g/mol. The van der Waals surface area contributed by atoms with Crippen molar-refractivity contribution in [3.05, 3.63) is 64.5 Å². The molecule has 2 aromatic carbocycles. The number of carbonyl (C=O) groups excluding carboxylic acids is 1. The smallest absolute Gasteiger partial charge is 0.241 e. The van der Waals surface area contributed by atoms with E-state index in [4.69, 9.17) is 20.9 Å². The highest BCUT2D eigenvalue weighted by Gasteiger charge is 2.27. The molecule has 1 aromatic heterocycles. The van der Waals surface area contributed by atoms with Crippen LogP contribution in [0.15, 0.2) is 47.0 Å². The predicted octanol–water partition coefficient (Wildman–Crippen LogP) is 4.80. The Bertz CT molecular complexity index is 1120. The lowest BCUT2D eigenvalue weighted by Gasteiger charge is -2.31. The van der Waals surface area contributed by atoms with Gasteiger partial charge in [-0.05, 0) is 87.7 Å². The highest BCUT2D eigenvalue weighted by molar-refractivity contribution is 6.30. The molecule has 8 heteroatoms. The van der Waals surface area contributed by atoms with E-state index in [-0.39, 0.29) is 17.9 Å². The molecule has 1 aliphatic rings. The van der Waals surface area contributed by atoms with Crippen LogP contribution < -0.4 is 10.1 Å². The van der Waals surface area contributed by atoms with Crippen LogP contribution in [0.5, 0.6) is 5.75 Å². The second kappa shape index (κ2) is 11.0. The quantitative estimate of drug-likeness (QED) is 0.496. The molecule has 0 aliphatic carbocycles. The molecule has 1 amide bonds. The van der Waals surface area contributed by atoms with Crippen LogP contribution in [0.2, 0.25) is 5.02 Å². The van der Waals surface area contributed by atoms with Gasteiger partial charge in [-0.25, -0.2) is 0 Å². The van der Waals surface area contributed by atoms with Crippen molar-refractivity contribution in [3.8, 4) is 17.1 Å². The van der Waals surface area contributed by atoms with Gasteiger partial charge in [-0.2, -0.15) is 4.98 Å². The van der Waals surface area contributed by atoms with Gasteiger partial charge in [0.15, 0.2) is 0 Å². The maximum Gasteiger partial charge on any atom is 0.241 e. The summed E-state index contributed by atoms with van der Waals surface area (Å²) in [4.78, 5) is 19.6. The summed E-state index contributed by atoms with van der Waals surface area (Å²) in [7, 11) is 0. The fourth-order valence-corrected chi connectivity index (χ4v) is 4.19. The van der Waals surface area contributed by atoms with Crippen molar-refractivity contribution in [1.29, 1.82) is 0 Å². The summed E-state index contributed by atoms with van der Waals surface area (Å²) in [5.74, 6) is 1.90. The van der Waals surface area contributed by atoms with E-state index in [9.17, 15) is 4.79 Å². The Morgan fingerprint density at radius 2 is 2.03 bits per heavy atom. The molecule has 4 rings (SSSR count). The summed E-state index contributed by atoms with van der Waals surface area (Å²) in [5, 5.41) is 7.85. The van der Waals surface area contributed by atoms with Crippen LogP contribution in [0.3, 0.4) is 0 Å². The standard InChI is InChI=1S/C26H31ClN4O3/c1-17-6-11-23(13-18(17)2)33-16-19(3)28-26(32)21-5-4-12-31(14-21)15-24-29-25(30-34-24)20-7-9-22(27)10-8-20/h6-11,13,19,21H,4-5,12,14-16H2,1-3H3,(H,28,32). The summed E-state index contributed by atoms with van der Waals surface area (Å²) in [6.07, 6.45) is 1.82. The van der Waals surface area contributed by atoms with E-state index in [1.807, 2.05) is 37.3 Å². The van der Waals surface area contributed by atoms with Gasteiger partial charge in [0.1, 0.15) is 12.4 Å². The van der Waals surface area contributed by atoms with Crippen LogP contribution in [-0.2, 0) is 11.3 Å². The van der Waals surface area contributed by atoms with Gasteiger partial charge in [0.05, 0.1) is 18.5 Å². The Morgan fingerprint density at radius 3 is 2.79 bits per heavy atom. The molecule has 1 saturated heterocycles. The molecule has 2 atom stereocenters. The largest absolute Gasteiger partial charge is 0.491 e. The van der Waals surface area contributed by atoms with Crippen molar-refractivity contribution >= 4 is 17.5 Å². The van der Waals surface area contributed by atoms with Gasteiger partial charge < -0.3 is 14.6 Å². The molecule has 1 N–H and O–H groups in total. The minimum absolute atomic E-state index is 0.0632. The van der Waals surface area contributed by atoms with Crippen LogP contribution in [0.1, 0.15) is 36.8 Å². The number of benzene rings is 2. The van der Waals surface area contributed by atoms with Crippen molar-refractivity contribution in [3.63, 3.8) is 0 Å². The third-order valence-electron chi connectivity index (χ3n) is 6.17. The van der Waals surface area contributed by atoms with Crippen LogP contribution in [0.4, 0.5) is 0 Å². The number of aromatic nitrogens is 2. The number of nitrogens with one attached hydrogen (secondary N) is 1. The van der Waals surface area contributed by atoms with Crippen molar-refractivity contribution < 1.29 is 14.1 Å². The van der Waals surface area contributed by atoms with Gasteiger partial charge >= 0.3 is 0 Å². The van der Waals surface area contributed by atoms with Crippen molar-refractivity contribution in [1.82, 2.24) is 20.4 Å². The molecule has 3 aromatic rings. The number of ether oxygens (including phenoxy) is 1. The van der Waals surface area contributed by atoms with E-state index >= 15 is 0 Å². The van der Waals surface area contributed by atoms with Crippen LogP contribution >= 0.6 is 11.6 Å². The fraction of sp³-hybridized carbons (Fsp3) is 0.423. The zero-order chi connectivity index (χ0) is 24.1. The Morgan fingerprint density at radius 1 is 1.24 bits per heavy atom. The van der Waals surface area contributed by atoms with Gasteiger partial charge in [0.25, 0.3) is 0 Å². The summed E-state index contributed by atoms with van der Waals surface area (Å²) >= 11 is 5.95. The minimum atomic E-state index is -0.0811. The van der Waals surface area contributed by atoms with Crippen LogP contribution in [0.25, 0.3) is 11.4 Å². The summed E-state index contributed by atoms with van der Waals surface area (Å²) in [6, 6.07) is 13.3. The zero-order valence-electron chi connectivity index (χ0n) is 19.9. The average Bonchev–Trinajstić information content (AvgIpc) is 3.29. The molecule has 0 saturated carbocycles. The second-order valence-electron chi connectivity index (χ2n) is 9.06. The van der Waals surface area contributed by atoms with E-state index in [1.54, 1.807) is 12.1 Å². The Hall–Kier alpha value is -2.90. The first-order valence-corrected chi connectivity index (χ1v) is 12.1. The molecule has 0 bridgehead atoms. The zero-order valence-corrected chi connectivity index (χ0v) is 20.6. The van der Waals surface area contributed by atoms with Gasteiger partial charge in [-0.3, -0.25) is 9.69 Å². The normalized spacial score (nSPS) is 17.4. The van der Waals surface area contributed by atoms with Crippen molar-refractivity contribution in [2.24, 2.45) is 5.92 Å². The van der Waals surface area contributed by atoms with E-state index in [1.165, 1.54) is 11.1 Å². The molecule has 2 heterocycles. The van der Waals surface area contributed by atoms with E-state index < -0.39 is 0 Å². The summed E-state index contributed by atoms with van der Waals surface area (Å²) in [6.45, 7) is 8.62. The Kier molecular flexibility index (Phi) is 7.85. The average molecular weight is 483 g/mol. The number of hydrogen-bond acceptors (Lipinski definition) is 6.